The summed E-state index contributed by atoms with van der Waals surface area (Å²) >= 11 is 3.44. The number of ether oxygens (including phenoxy) is 1. The molecule has 46 heavy (non-hydrogen) atoms. The van der Waals surface area contributed by atoms with Gasteiger partial charge in [0, 0.05) is 12.2 Å². The van der Waals surface area contributed by atoms with Gasteiger partial charge in [0.05, 0.1) is 18.0 Å². The number of carbonyl (C=O) groups excluding carboxylic acids is 2. The number of nitrogens with one attached hydrogen (secondary N) is 1. The van der Waals surface area contributed by atoms with E-state index in [9.17, 15) is 9.59 Å². The van der Waals surface area contributed by atoms with Crippen LogP contribution in [-0.2, 0) is 20.5 Å². The first-order valence-electron chi connectivity index (χ1n) is 15.6. The summed E-state index contributed by atoms with van der Waals surface area (Å²) in [5.74, 6) is -0.0908. The van der Waals surface area contributed by atoms with Crippen LogP contribution in [0.1, 0.15) is 58.7 Å². The number of anilines is 1. The number of amides is 2. The lowest BCUT2D eigenvalue weighted by atomic mass is 10.0. The van der Waals surface area contributed by atoms with Gasteiger partial charge in [-0.3, -0.25) is 10.1 Å². The summed E-state index contributed by atoms with van der Waals surface area (Å²) in [6, 6.07) is 38.1. The van der Waals surface area contributed by atoms with Gasteiger partial charge < -0.3 is 14.1 Å². The van der Waals surface area contributed by atoms with Crippen molar-refractivity contribution in [3.63, 3.8) is 0 Å². The molecule has 0 aromatic heterocycles. The fourth-order valence-corrected chi connectivity index (χ4v) is 10.7. The van der Waals surface area contributed by atoms with Gasteiger partial charge >= 0.3 is 6.09 Å². The highest BCUT2D eigenvalue weighted by Crippen LogP contribution is 2.38. The van der Waals surface area contributed by atoms with E-state index in [1.807, 2.05) is 92.4 Å². The Morgan fingerprint density at radius 1 is 0.761 bits per heavy atom. The number of benzene rings is 4. The molecule has 0 fully saturated rings. The second kappa shape index (κ2) is 15.2. The summed E-state index contributed by atoms with van der Waals surface area (Å²) in [7, 11) is -2.91. The lowest BCUT2D eigenvalue weighted by molar-refractivity contribution is -0.132. The molecule has 0 heterocycles. The van der Waals surface area contributed by atoms with E-state index in [1.54, 1.807) is 0 Å². The molecule has 4 aromatic rings. The van der Waals surface area contributed by atoms with Crippen LogP contribution in [0.5, 0.6) is 0 Å². The van der Waals surface area contributed by atoms with Gasteiger partial charge in [-0.2, -0.15) is 0 Å². The Hall–Kier alpha value is -3.72. The number of rotatable bonds is 11. The molecule has 0 saturated heterocycles. The highest BCUT2D eigenvalue weighted by Gasteiger charge is 2.50. The van der Waals surface area contributed by atoms with Crippen LogP contribution in [0, 0.1) is 0 Å². The summed E-state index contributed by atoms with van der Waals surface area (Å²) < 4.78 is 12.9. The van der Waals surface area contributed by atoms with Crippen molar-refractivity contribution in [2.75, 3.05) is 17.3 Å². The fraction of sp³-hybridized carbons (Fsp3) is 0.316. The zero-order valence-electron chi connectivity index (χ0n) is 27.6. The van der Waals surface area contributed by atoms with Gasteiger partial charge in [-0.05, 0) is 53.4 Å². The average Bonchev–Trinajstić information content (AvgIpc) is 3.02. The molecule has 0 spiro atoms. The highest BCUT2D eigenvalue weighted by atomic mass is 79.9. The van der Waals surface area contributed by atoms with Crippen molar-refractivity contribution in [2.45, 2.75) is 64.8 Å². The molecule has 0 aliphatic carbocycles. The summed E-state index contributed by atoms with van der Waals surface area (Å²) in [6.07, 6.45) is -0.548. The maximum atomic E-state index is 13.8. The minimum absolute atomic E-state index is 0.0908. The normalized spacial score (nSPS) is 12.7. The Morgan fingerprint density at radius 3 is 1.76 bits per heavy atom. The van der Waals surface area contributed by atoms with Gasteiger partial charge in [0.2, 0.25) is 5.91 Å². The van der Waals surface area contributed by atoms with E-state index in [-0.39, 0.29) is 29.4 Å². The molecular formula is C38H45BrN2O4Si. The van der Waals surface area contributed by atoms with Gasteiger partial charge in [-0.1, -0.05) is 146 Å². The van der Waals surface area contributed by atoms with E-state index >= 15 is 0 Å². The summed E-state index contributed by atoms with van der Waals surface area (Å²) in [4.78, 5) is 28.4. The molecule has 0 bridgehead atoms. The Labute approximate surface area is 283 Å². The average molecular weight is 702 g/mol. The summed E-state index contributed by atoms with van der Waals surface area (Å²) in [5, 5.41) is 5.14. The number of alkyl halides is 1. The Balaban J connectivity index is 1.79. The Morgan fingerprint density at radius 2 is 1.26 bits per heavy atom. The molecule has 0 radical (unpaired) electrons. The third kappa shape index (κ3) is 8.54. The molecule has 0 saturated carbocycles. The molecule has 2 amide bonds. The van der Waals surface area contributed by atoms with Crippen LogP contribution in [0.2, 0.25) is 5.04 Å². The molecule has 6 nitrogen and oxygen atoms in total. The monoisotopic (exact) mass is 700 g/mol. The third-order valence-electron chi connectivity index (χ3n) is 7.86. The molecule has 8 heteroatoms. The van der Waals surface area contributed by atoms with E-state index in [1.165, 1.54) is 10.4 Å². The molecule has 1 N–H and O–H groups in total. The molecule has 1 atom stereocenters. The standard InChI is InChI=1S/C38H45BrN2O4Si/c1-37(2,3)45-36(43)40-33-25-17-16-20-30(33)27-41(35(42)26-39)34(29-18-10-7-11-19-29)28-44-46(38(4,5)6,31-21-12-8-13-22-31)32-23-14-9-15-24-32/h7-25,34H,26-28H2,1-6H3,(H,40,43)/t34-/m0/s1. The third-order valence-corrected chi connectivity index (χ3v) is 13.3. The largest absolute Gasteiger partial charge is 0.444 e. The van der Waals surface area contributed by atoms with Crippen molar-refractivity contribution in [1.82, 2.24) is 4.90 Å². The minimum Gasteiger partial charge on any atom is -0.444 e. The van der Waals surface area contributed by atoms with Crippen LogP contribution in [0.4, 0.5) is 10.5 Å². The lowest BCUT2D eigenvalue weighted by Gasteiger charge is -2.44. The topological polar surface area (TPSA) is 67.9 Å². The van der Waals surface area contributed by atoms with Gasteiger partial charge in [-0.25, -0.2) is 4.79 Å². The van der Waals surface area contributed by atoms with E-state index in [2.05, 4.69) is 90.5 Å². The van der Waals surface area contributed by atoms with E-state index in [0.717, 1.165) is 11.1 Å². The summed E-state index contributed by atoms with van der Waals surface area (Å²) in [5.41, 5.74) is 1.69. The predicted octanol–water partition coefficient (Wildman–Crippen LogP) is 8.08. The second-order valence-electron chi connectivity index (χ2n) is 13.3. The predicted molar refractivity (Wildman–Crippen MR) is 193 cm³/mol. The zero-order chi connectivity index (χ0) is 33.4. The van der Waals surface area contributed by atoms with E-state index in [4.69, 9.17) is 9.16 Å². The second-order valence-corrected chi connectivity index (χ2v) is 18.2. The highest BCUT2D eigenvalue weighted by molar-refractivity contribution is 9.09. The van der Waals surface area contributed by atoms with Crippen LogP contribution < -0.4 is 15.7 Å². The molecule has 4 aromatic carbocycles. The molecule has 0 unspecified atom stereocenters. The van der Waals surface area contributed by atoms with Crippen molar-refractivity contribution >= 4 is 52.3 Å². The van der Waals surface area contributed by atoms with Crippen LogP contribution in [0.3, 0.4) is 0 Å². The first-order chi connectivity index (χ1) is 21.9. The quantitative estimate of drug-likeness (QED) is 0.127. The van der Waals surface area contributed by atoms with Crippen LogP contribution in [-0.4, -0.2) is 42.8 Å². The van der Waals surface area contributed by atoms with Crippen molar-refractivity contribution in [3.8, 4) is 0 Å². The van der Waals surface area contributed by atoms with Gasteiger partial charge in [-0.15, -0.1) is 0 Å². The Bertz CT molecular complexity index is 1530. The van der Waals surface area contributed by atoms with Gasteiger partial charge in [0.15, 0.2) is 0 Å². The molecular weight excluding hydrogens is 656 g/mol. The van der Waals surface area contributed by atoms with E-state index in [0.29, 0.717) is 5.69 Å². The van der Waals surface area contributed by atoms with Gasteiger partial charge in [0.25, 0.3) is 8.32 Å². The first-order valence-corrected chi connectivity index (χ1v) is 18.6. The number of hydrogen-bond acceptors (Lipinski definition) is 4. The molecule has 4 rings (SSSR count). The maximum absolute atomic E-state index is 13.8. The molecule has 0 aliphatic rings. The van der Waals surface area contributed by atoms with Crippen molar-refractivity contribution < 1.29 is 18.8 Å². The maximum Gasteiger partial charge on any atom is 0.412 e. The fourth-order valence-electron chi connectivity index (χ4n) is 5.83. The number of hydrogen-bond donors (Lipinski definition) is 1. The number of carbonyl (C=O) groups is 2. The van der Waals surface area contributed by atoms with Crippen LogP contribution in [0.15, 0.2) is 115 Å². The summed E-state index contributed by atoms with van der Waals surface area (Å²) in [6.45, 7) is 12.7. The number of para-hydroxylation sites is 1. The number of nitrogens with zero attached hydrogens (tertiary/aromatic N) is 1. The zero-order valence-corrected chi connectivity index (χ0v) is 30.2. The van der Waals surface area contributed by atoms with Crippen molar-refractivity contribution in [3.05, 3.63) is 126 Å². The van der Waals surface area contributed by atoms with E-state index < -0.39 is 26.1 Å². The van der Waals surface area contributed by atoms with Crippen molar-refractivity contribution in [1.29, 1.82) is 0 Å². The number of halogens is 1. The van der Waals surface area contributed by atoms with Gasteiger partial charge in [0.1, 0.15) is 5.60 Å². The lowest BCUT2D eigenvalue weighted by Crippen LogP contribution is -2.67. The smallest absolute Gasteiger partial charge is 0.412 e. The van der Waals surface area contributed by atoms with Crippen LogP contribution in [0.25, 0.3) is 0 Å². The van der Waals surface area contributed by atoms with Crippen LogP contribution >= 0.6 is 15.9 Å². The Kier molecular flexibility index (Phi) is 11.6. The molecule has 0 aliphatic heterocycles. The SMILES string of the molecule is CC(C)(C)OC(=O)Nc1ccccc1CN(C(=O)CBr)[C@@H](CO[Si](c1ccccc1)(c1ccccc1)C(C)(C)C)c1ccccc1. The van der Waals surface area contributed by atoms with Crippen molar-refractivity contribution in [2.24, 2.45) is 0 Å². The first kappa shape index (κ1) is 35.1. The molecule has 242 valence electrons. The minimum atomic E-state index is -2.91.